The number of aromatic nitrogens is 2. The second-order valence-electron chi connectivity index (χ2n) is 4.48. The van der Waals surface area contributed by atoms with Gasteiger partial charge in [-0.1, -0.05) is 10.3 Å². The second kappa shape index (κ2) is 6.60. The predicted octanol–water partition coefficient (Wildman–Crippen LogP) is 2.85. The molecule has 1 amide bonds. The highest BCUT2D eigenvalue weighted by Crippen LogP contribution is 2.20. The van der Waals surface area contributed by atoms with Crippen molar-refractivity contribution in [3.05, 3.63) is 28.8 Å². The molecule has 0 bridgehead atoms. The first-order valence-electron chi connectivity index (χ1n) is 6.29. The summed E-state index contributed by atoms with van der Waals surface area (Å²) in [6.45, 7) is 5.60. The standard InChI is InChI=1S/C13H17N3O3S/c1-8-6-12(16-18-8)14-13(17)4-5-20-7-11-9(2)15-19-10(11)3/h6H,4-5,7H2,1-3H3,(H,14,16,17). The number of nitrogens with zero attached hydrogens (tertiary/aromatic N) is 2. The van der Waals surface area contributed by atoms with Crippen molar-refractivity contribution in [2.24, 2.45) is 0 Å². The normalized spacial score (nSPS) is 10.8. The highest BCUT2D eigenvalue weighted by molar-refractivity contribution is 7.98. The molecule has 0 aliphatic rings. The van der Waals surface area contributed by atoms with Crippen LogP contribution in [-0.2, 0) is 10.5 Å². The van der Waals surface area contributed by atoms with Gasteiger partial charge in [0.2, 0.25) is 5.91 Å². The number of anilines is 1. The van der Waals surface area contributed by atoms with E-state index in [1.54, 1.807) is 24.8 Å². The molecular formula is C13H17N3O3S. The van der Waals surface area contributed by atoms with E-state index in [-0.39, 0.29) is 5.91 Å². The monoisotopic (exact) mass is 295 g/mol. The van der Waals surface area contributed by atoms with E-state index < -0.39 is 0 Å². The molecule has 0 unspecified atom stereocenters. The van der Waals surface area contributed by atoms with Crippen molar-refractivity contribution in [2.75, 3.05) is 11.1 Å². The van der Waals surface area contributed by atoms with E-state index in [1.807, 2.05) is 13.8 Å². The Kier molecular flexibility index (Phi) is 4.84. The molecule has 0 aliphatic heterocycles. The molecule has 0 fully saturated rings. The van der Waals surface area contributed by atoms with Crippen molar-refractivity contribution in [3.8, 4) is 0 Å². The van der Waals surface area contributed by atoms with Crippen LogP contribution in [0.25, 0.3) is 0 Å². The summed E-state index contributed by atoms with van der Waals surface area (Å²) in [6.07, 6.45) is 0.431. The highest BCUT2D eigenvalue weighted by atomic mass is 32.2. The van der Waals surface area contributed by atoms with Crippen LogP contribution in [0.5, 0.6) is 0 Å². The van der Waals surface area contributed by atoms with Crippen LogP contribution in [0.1, 0.15) is 29.2 Å². The summed E-state index contributed by atoms with van der Waals surface area (Å²) >= 11 is 1.68. The lowest BCUT2D eigenvalue weighted by molar-refractivity contribution is -0.115. The molecule has 2 rings (SSSR count). The van der Waals surface area contributed by atoms with Gasteiger partial charge in [-0.2, -0.15) is 11.8 Å². The summed E-state index contributed by atoms with van der Waals surface area (Å²) in [5.74, 6) is 3.45. The van der Waals surface area contributed by atoms with E-state index in [4.69, 9.17) is 9.05 Å². The molecular weight excluding hydrogens is 278 g/mol. The maximum Gasteiger partial charge on any atom is 0.226 e. The SMILES string of the molecule is Cc1cc(NC(=O)CCSCc2c(C)noc2C)no1. The van der Waals surface area contributed by atoms with E-state index in [0.717, 1.165) is 28.5 Å². The van der Waals surface area contributed by atoms with Gasteiger partial charge in [-0.05, 0) is 20.8 Å². The minimum atomic E-state index is -0.0652. The van der Waals surface area contributed by atoms with Crippen molar-refractivity contribution in [2.45, 2.75) is 32.9 Å². The lowest BCUT2D eigenvalue weighted by atomic mass is 10.2. The second-order valence-corrected chi connectivity index (χ2v) is 5.58. The zero-order valence-electron chi connectivity index (χ0n) is 11.7. The number of amides is 1. The minimum absolute atomic E-state index is 0.0652. The Balaban J connectivity index is 1.69. The molecule has 6 nitrogen and oxygen atoms in total. The van der Waals surface area contributed by atoms with Crippen LogP contribution in [0.2, 0.25) is 0 Å². The van der Waals surface area contributed by atoms with Crippen LogP contribution in [-0.4, -0.2) is 22.0 Å². The molecule has 0 atom stereocenters. The van der Waals surface area contributed by atoms with Crippen molar-refractivity contribution in [3.63, 3.8) is 0 Å². The van der Waals surface area contributed by atoms with E-state index in [2.05, 4.69) is 15.6 Å². The third-order valence-electron chi connectivity index (χ3n) is 2.80. The number of aryl methyl sites for hydroxylation is 3. The molecule has 0 saturated heterocycles. The van der Waals surface area contributed by atoms with Crippen LogP contribution >= 0.6 is 11.8 Å². The minimum Gasteiger partial charge on any atom is -0.361 e. The lowest BCUT2D eigenvalue weighted by Crippen LogP contribution is -2.12. The molecule has 0 aromatic carbocycles. The molecule has 2 aromatic rings. The van der Waals surface area contributed by atoms with Crippen LogP contribution in [0.15, 0.2) is 15.1 Å². The van der Waals surface area contributed by atoms with Gasteiger partial charge in [0.1, 0.15) is 11.5 Å². The summed E-state index contributed by atoms with van der Waals surface area (Å²) in [5, 5.41) is 10.3. The highest BCUT2D eigenvalue weighted by Gasteiger charge is 2.10. The van der Waals surface area contributed by atoms with Crippen molar-refractivity contribution < 1.29 is 13.8 Å². The first-order chi connectivity index (χ1) is 9.56. The summed E-state index contributed by atoms with van der Waals surface area (Å²) in [4.78, 5) is 11.7. The van der Waals surface area contributed by atoms with Crippen LogP contribution in [0.4, 0.5) is 5.82 Å². The molecule has 0 spiro atoms. The summed E-state index contributed by atoms with van der Waals surface area (Å²) in [6, 6.07) is 1.69. The van der Waals surface area contributed by atoms with Gasteiger partial charge >= 0.3 is 0 Å². The van der Waals surface area contributed by atoms with Crippen molar-refractivity contribution in [1.29, 1.82) is 0 Å². The van der Waals surface area contributed by atoms with E-state index in [1.165, 1.54) is 0 Å². The fourth-order valence-electron chi connectivity index (χ4n) is 1.68. The molecule has 108 valence electrons. The van der Waals surface area contributed by atoms with Gasteiger partial charge in [0.15, 0.2) is 5.82 Å². The number of rotatable bonds is 6. The summed E-state index contributed by atoms with van der Waals surface area (Å²) in [5.41, 5.74) is 2.03. The lowest BCUT2D eigenvalue weighted by Gasteiger charge is -2.02. The Hall–Kier alpha value is -1.76. The third-order valence-corrected chi connectivity index (χ3v) is 3.78. The average Bonchev–Trinajstić information content (AvgIpc) is 2.93. The largest absolute Gasteiger partial charge is 0.361 e. The van der Waals surface area contributed by atoms with Crippen molar-refractivity contribution >= 4 is 23.5 Å². The zero-order valence-corrected chi connectivity index (χ0v) is 12.5. The molecule has 2 aromatic heterocycles. The molecule has 2 heterocycles. The van der Waals surface area contributed by atoms with Gasteiger partial charge in [0.25, 0.3) is 0 Å². The molecule has 20 heavy (non-hydrogen) atoms. The molecule has 0 saturated carbocycles. The maximum absolute atomic E-state index is 11.7. The number of hydrogen-bond acceptors (Lipinski definition) is 6. The fourth-order valence-corrected chi connectivity index (χ4v) is 2.77. The number of thioether (sulfide) groups is 1. The Morgan fingerprint density at radius 3 is 2.70 bits per heavy atom. The van der Waals surface area contributed by atoms with E-state index in [0.29, 0.717) is 18.0 Å². The Labute approximate surface area is 121 Å². The Morgan fingerprint density at radius 1 is 1.30 bits per heavy atom. The van der Waals surface area contributed by atoms with E-state index >= 15 is 0 Å². The first-order valence-corrected chi connectivity index (χ1v) is 7.44. The van der Waals surface area contributed by atoms with Gasteiger partial charge in [-0.15, -0.1) is 0 Å². The first kappa shape index (κ1) is 14.6. The zero-order chi connectivity index (χ0) is 14.5. The quantitative estimate of drug-likeness (QED) is 0.825. The number of carbonyl (C=O) groups is 1. The summed E-state index contributed by atoms with van der Waals surface area (Å²) in [7, 11) is 0. The topological polar surface area (TPSA) is 81.2 Å². The molecule has 1 N–H and O–H groups in total. The van der Waals surface area contributed by atoms with E-state index in [9.17, 15) is 4.79 Å². The number of nitrogens with one attached hydrogen (secondary N) is 1. The van der Waals surface area contributed by atoms with Gasteiger partial charge in [-0.25, -0.2) is 0 Å². The maximum atomic E-state index is 11.7. The third kappa shape index (κ3) is 3.86. The number of hydrogen-bond donors (Lipinski definition) is 1. The van der Waals surface area contributed by atoms with Crippen molar-refractivity contribution in [1.82, 2.24) is 10.3 Å². The van der Waals surface area contributed by atoms with Crippen LogP contribution in [0.3, 0.4) is 0 Å². The van der Waals surface area contributed by atoms with Gasteiger partial charge in [-0.3, -0.25) is 4.79 Å². The summed E-state index contributed by atoms with van der Waals surface area (Å²) < 4.78 is 9.97. The smallest absolute Gasteiger partial charge is 0.226 e. The van der Waals surface area contributed by atoms with Gasteiger partial charge in [0, 0.05) is 29.6 Å². The Morgan fingerprint density at radius 2 is 2.10 bits per heavy atom. The predicted molar refractivity (Wildman–Crippen MR) is 76.6 cm³/mol. The number of carbonyl (C=O) groups excluding carboxylic acids is 1. The fraction of sp³-hybridized carbons (Fsp3) is 0.462. The Bertz CT molecular complexity index is 572. The van der Waals surface area contributed by atoms with Gasteiger partial charge in [0.05, 0.1) is 5.69 Å². The average molecular weight is 295 g/mol. The molecule has 0 aliphatic carbocycles. The van der Waals surface area contributed by atoms with Crippen LogP contribution in [0, 0.1) is 20.8 Å². The van der Waals surface area contributed by atoms with Crippen LogP contribution < -0.4 is 5.32 Å². The van der Waals surface area contributed by atoms with Gasteiger partial charge < -0.3 is 14.4 Å². The molecule has 7 heteroatoms. The molecule has 0 radical (unpaired) electrons.